The lowest BCUT2D eigenvalue weighted by atomic mass is 9.92. The highest BCUT2D eigenvalue weighted by Crippen LogP contribution is 2.35. The Morgan fingerprint density at radius 3 is 2.10 bits per heavy atom. The van der Waals surface area contributed by atoms with E-state index in [0.29, 0.717) is 24.3 Å². The van der Waals surface area contributed by atoms with Crippen LogP contribution in [0.2, 0.25) is 0 Å². The molecule has 3 aromatic carbocycles. The van der Waals surface area contributed by atoms with E-state index >= 15 is 0 Å². The van der Waals surface area contributed by atoms with E-state index in [4.69, 9.17) is 0 Å². The summed E-state index contributed by atoms with van der Waals surface area (Å²) in [6, 6.07) is 19.2. The second-order valence-corrected chi connectivity index (χ2v) is 13.4. The van der Waals surface area contributed by atoms with Gasteiger partial charge in [0.15, 0.2) is 0 Å². The summed E-state index contributed by atoms with van der Waals surface area (Å²) in [4.78, 5) is 17.8. The number of fused-ring (bicyclic) bond motifs is 1. The average Bonchev–Trinajstić information content (AvgIpc) is 2.91. The van der Waals surface area contributed by atoms with E-state index < -0.39 is 23.4 Å². The summed E-state index contributed by atoms with van der Waals surface area (Å²) in [6.45, 7) is 12.2. The van der Waals surface area contributed by atoms with Gasteiger partial charge in [-0.05, 0) is 76.4 Å². The quantitative estimate of drug-likeness (QED) is 0.179. The summed E-state index contributed by atoms with van der Waals surface area (Å²) in [5.74, 6) is 0.192. The molecule has 0 aliphatic rings. The van der Waals surface area contributed by atoms with Gasteiger partial charge in [0.2, 0.25) is 0 Å². The number of carbonyl (C=O) groups is 1. The maximum atomic E-state index is 13.5. The maximum Gasteiger partial charge on any atom is 0.255 e. The van der Waals surface area contributed by atoms with Crippen LogP contribution < -0.4 is 0 Å². The van der Waals surface area contributed by atoms with E-state index in [1.54, 1.807) is 11.0 Å². The molecule has 0 fully saturated rings. The highest BCUT2D eigenvalue weighted by molar-refractivity contribution is 7.99. The molecule has 7 nitrogen and oxygen atoms in total. The van der Waals surface area contributed by atoms with E-state index in [9.17, 15) is 25.2 Å². The van der Waals surface area contributed by atoms with Gasteiger partial charge in [-0.2, -0.15) is 0 Å². The molecule has 0 aliphatic heterocycles. The highest BCUT2D eigenvalue weighted by Gasteiger charge is 2.31. The Kier molecular flexibility index (Phi) is 11.4. The first kappa shape index (κ1) is 33.0. The van der Waals surface area contributed by atoms with E-state index in [1.165, 1.54) is 11.8 Å². The molecule has 0 aliphatic carbocycles. The van der Waals surface area contributed by atoms with Crippen LogP contribution in [0.4, 0.5) is 0 Å². The summed E-state index contributed by atoms with van der Waals surface area (Å²) in [7, 11) is 0. The van der Waals surface area contributed by atoms with Crippen molar-refractivity contribution in [2.45, 2.75) is 76.3 Å². The number of carbonyl (C=O) groups excluding carboxylic acids is 1. The van der Waals surface area contributed by atoms with Crippen molar-refractivity contribution in [3.63, 3.8) is 0 Å². The van der Waals surface area contributed by atoms with Crippen LogP contribution in [0, 0.1) is 0 Å². The van der Waals surface area contributed by atoms with E-state index in [-0.39, 0.29) is 25.7 Å². The van der Waals surface area contributed by atoms with Gasteiger partial charge >= 0.3 is 0 Å². The molecule has 0 heterocycles. The third kappa shape index (κ3) is 8.31. The van der Waals surface area contributed by atoms with E-state index in [0.717, 1.165) is 26.8 Å². The number of rotatable bonds is 12. The monoisotopic (exact) mass is 582 g/mol. The Balaban J connectivity index is 1.88. The van der Waals surface area contributed by atoms with Crippen molar-refractivity contribution in [1.82, 2.24) is 9.80 Å². The molecule has 3 rings (SSSR count). The molecular weight excluding hydrogens is 536 g/mol. The van der Waals surface area contributed by atoms with Gasteiger partial charge in [0.1, 0.15) is 6.23 Å². The number of hydrogen-bond acceptors (Lipinski definition) is 7. The first-order valence-corrected chi connectivity index (χ1v) is 15.2. The summed E-state index contributed by atoms with van der Waals surface area (Å²) in [5, 5.41) is 44.1. The lowest BCUT2D eigenvalue weighted by Gasteiger charge is -2.40. The maximum absolute atomic E-state index is 13.5. The van der Waals surface area contributed by atoms with Crippen LogP contribution >= 0.6 is 11.8 Å². The van der Waals surface area contributed by atoms with Gasteiger partial charge in [-0.1, -0.05) is 48.5 Å². The van der Waals surface area contributed by atoms with Crippen molar-refractivity contribution in [2.75, 3.05) is 32.1 Å². The summed E-state index contributed by atoms with van der Waals surface area (Å²) in [6.07, 6.45) is -1.40. The van der Waals surface area contributed by atoms with Crippen molar-refractivity contribution in [3.05, 3.63) is 77.4 Å². The molecule has 1 amide bonds. The highest BCUT2D eigenvalue weighted by atomic mass is 32.2. The predicted octanol–water partition coefficient (Wildman–Crippen LogP) is 4.85. The number of amides is 1. The van der Waals surface area contributed by atoms with Crippen molar-refractivity contribution in [2.24, 2.45) is 0 Å². The van der Waals surface area contributed by atoms with E-state index in [2.05, 4.69) is 0 Å². The molecule has 41 heavy (non-hydrogen) atoms. The molecule has 0 bridgehead atoms. The fourth-order valence-electron chi connectivity index (χ4n) is 5.17. The Hall–Kier alpha value is -2.46. The molecule has 0 aromatic heterocycles. The minimum Gasteiger partial charge on any atom is -0.395 e. The van der Waals surface area contributed by atoms with Crippen LogP contribution in [0.15, 0.2) is 65.6 Å². The lowest BCUT2D eigenvalue weighted by molar-refractivity contribution is -0.0604. The molecule has 224 valence electrons. The minimum absolute atomic E-state index is 0.0865. The molecule has 4 N–H and O–H groups in total. The topological polar surface area (TPSA) is 104 Å². The summed E-state index contributed by atoms with van der Waals surface area (Å²) >= 11 is 1.42. The standard InChI is InChI=1S/C33H46N2O5S/c1-32(2,3)34(17-19-36)30(39)27-13-9-10-14-28(27)41-22-25(38)21-24-16-15-23-11-7-8-12-26(23)29(24)31(40)35(18-20-37)33(4,5)6/h7-16,25,31,36-38,40H,17-22H2,1-6H3. The Labute approximate surface area is 248 Å². The van der Waals surface area contributed by atoms with Crippen LogP contribution in [-0.2, 0) is 6.42 Å². The van der Waals surface area contributed by atoms with Crippen LogP contribution in [0.3, 0.4) is 0 Å². The third-order valence-corrected chi connectivity index (χ3v) is 8.42. The number of hydrogen-bond donors (Lipinski definition) is 4. The summed E-state index contributed by atoms with van der Waals surface area (Å²) < 4.78 is 0. The minimum atomic E-state index is -0.976. The van der Waals surface area contributed by atoms with Crippen LogP contribution in [0.25, 0.3) is 10.8 Å². The van der Waals surface area contributed by atoms with Gasteiger partial charge in [-0.3, -0.25) is 9.69 Å². The second-order valence-electron chi connectivity index (χ2n) is 12.3. The molecule has 0 spiro atoms. The fourth-order valence-corrected chi connectivity index (χ4v) is 6.14. The molecule has 3 aromatic rings. The SMILES string of the molecule is CC(C)(C)N(CCO)C(=O)c1ccccc1SCC(O)Cc1ccc2ccccc2c1C(O)N(CCO)C(C)(C)C. The molecule has 0 radical (unpaired) electrons. The zero-order valence-electron chi connectivity index (χ0n) is 25.2. The van der Waals surface area contributed by atoms with Crippen molar-refractivity contribution < 1.29 is 25.2 Å². The Bertz CT molecular complexity index is 1300. The predicted molar refractivity (Wildman–Crippen MR) is 167 cm³/mol. The van der Waals surface area contributed by atoms with Crippen molar-refractivity contribution >= 4 is 28.4 Å². The number of aliphatic hydroxyl groups excluding tert-OH is 4. The normalized spacial score (nSPS) is 13.9. The zero-order valence-corrected chi connectivity index (χ0v) is 26.0. The second kappa shape index (κ2) is 14.1. The van der Waals surface area contributed by atoms with Crippen LogP contribution in [0.1, 0.15) is 69.3 Å². The van der Waals surface area contributed by atoms with Crippen LogP contribution in [0.5, 0.6) is 0 Å². The zero-order chi connectivity index (χ0) is 30.4. The van der Waals surface area contributed by atoms with Crippen molar-refractivity contribution in [3.8, 4) is 0 Å². The van der Waals surface area contributed by atoms with Gasteiger partial charge in [-0.25, -0.2) is 0 Å². The molecule has 0 saturated carbocycles. The molecular formula is C33H46N2O5S. The van der Waals surface area contributed by atoms with Gasteiger partial charge in [0.05, 0.1) is 24.9 Å². The number of nitrogens with zero attached hydrogens (tertiary/aromatic N) is 2. The number of β-amino-alcohol motifs (C(OH)–C–C–N with tert-alkyl or cyclic N) is 2. The van der Waals surface area contributed by atoms with Gasteiger partial charge in [0, 0.05) is 40.4 Å². The Morgan fingerprint density at radius 1 is 0.829 bits per heavy atom. The molecule has 2 unspecified atom stereocenters. The van der Waals surface area contributed by atoms with Gasteiger partial charge < -0.3 is 25.3 Å². The molecule has 2 atom stereocenters. The first-order valence-electron chi connectivity index (χ1n) is 14.2. The number of aliphatic hydroxyl groups is 4. The van der Waals surface area contributed by atoms with Crippen LogP contribution in [-0.4, -0.2) is 85.4 Å². The van der Waals surface area contributed by atoms with Crippen molar-refractivity contribution in [1.29, 1.82) is 0 Å². The fraction of sp³-hybridized carbons (Fsp3) is 0.485. The Morgan fingerprint density at radius 2 is 1.46 bits per heavy atom. The van der Waals surface area contributed by atoms with E-state index in [1.807, 2.05) is 101 Å². The molecule has 8 heteroatoms. The number of benzene rings is 3. The average molecular weight is 583 g/mol. The summed E-state index contributed by atoms with van der Waals surface area (Å²) in [5.41, 5.74) is 1.25. The third-order valence-electron chi connectivity index (χ3n) is 7.20. The largest absolute Gasteiger partial charge is 0.395 e. The smallest absolute Gasteiger partial charge is 0.255 e. The first-order chi connectivity index (χ1) is 19.3. The lowest BCUT2D eigenvalue weighted by Crippen LogP contribution is -2.47. The number of thioether (sulfide) groups is 1. The van der Waals surface area contributed by atoms with Gasteiger partial charge in [0.25, 0.3) is 5.91 Å². The molecule has 0 saturated heterocycles. The van der Waals surface area contributed by atoms with Gasteiger partial charge in [-0.15, -0.1) is 11.8 Å².